The van der Waals surface area contributed by atoms with Gasteiger partial charge in [-0.25, -0.2) is 0 Å². The third-order valence-electron chi connectivity index (χ3n) is 6.64. The summed E-state index contributed by atoms with van der Waals surface area (Å²) in [5.41, 5.74) is 6.00. The predicted octanol–water partition coefficient (Wildman–Crippen LogP) is 3.17. The van der Waals surface area contributed by atoms with E-state index in [1.165, 1.54) is 48.2 Å². The van der Waals surface area contributed by atoms with Crippen molar-refractivity contribution in [1.29, 1.82) is 0 Å². The van der Waals surface area contributed by atoms with Crippen molar-refractivity contribution < 1.29 is 4.74 Å². The highest BCUT2D eigenvalue weighted by Gasteiger charge is 2.44. The molecule has 3 aliphatic rings. The zero-order valence-corrected chi connectivity index (χ0v) is 15.3. The number of hydrogen-bond donors (Lipinski definition) is 2. The molecule has 0 radical (unpaired) electrons. The van der Waals surface area contributed by atoms with Crippen molar-refractivity contribution in [1.82, 2.24) is 15.5 Å². The number of nitrogens with two attached hydrogens (primary N) is 1. The molecule has 5 nitrogen and oxygen atoms in total. The van der Waals surface area contributed by atoms with Gasteiger partial charge in [-0.2, -0.15) is 5.10 Å². The monoisotopic (exact) mass is 358 g/mol. The van der Waals surface area contributed by atoms with E-state index < -0.39 is 0 Å². The van der Waals surface area contributed by atoms with E-state index in [1.54, 1.807) is 0 Å². The second kappa shape index (κ2) is 6.49. The molecule has 0 bridgehead atoms. The minimum absolute atomic E-state index is 0.567. The summed E-state index contributed by atoms with van der Waals surface area (Å²) in [6, 6.07) is 2.98. The standard InChI is InChI=1S/C19H26N4OS/c20-19-15-8-17(25-18(15)10-22-23-19)12-6-13-9-21-16(14(13)7-12)5-11-1-3-24-4-2-11/h8,10-14,16,21H,1-7,9H2,(H2,20,23)/t12-,13+,14-,16-/m0/s1. The van der Waals surface area contributed by atoms with Crippen LogP contribution in [0.3, 0.4) is 0 Å². The number of anilines is 1. The van der Waals surface area contributed by atoms with E-state index in [1.807, 2.05) is 17.5 Å². The summed E-state index contributed by atoms with van der Waals surface area (Å²) in [5, 5.41) is 12.9. The highest BCUT2D eigenvalue weighted by Crippen LogP contribution is 2.50. The van der Waals surface area contributed by atoms with Crippen molar-refractivity contribution in [3.05, 3.63) is 17.1 Å². The molecule has 6 heteroatoms. The highest BCUT2D eigenvalue weighted by molar-refractivity contribution is 7.19. The average molecular weight is 359 g/mol. The number of nitrogens with zero attached hydrogens (tertiary/aromatic N) is 2. The van der Waals surface area contributed by atoms with Crippen LogP contribution in [-0.4, -0.2) is 36.0 Å². The number of fused-ring (bicyclic) bond motifs is 2. The maximum Gasteiger partial charge on any atom is 0.154 e. The van der Waals surface area contributed by atoms with Crippen LogP contribution in [0.15, 0.2) is 12.3 Å². The van der Waals surface area contributed by atoms with Gasteiger partial charge in [0.2, 0.25) is 0 Å². The Kier molecular flexibility index (Phi) is 4.14. The summed E-state index contributed by atoms with van der Waals surface area (Å²) >= 11 is 1.86. The smallest absolute Gasteiger partial charge is 0.154 e. The third kappa shape index (κ3) is 2.94. The van der Waals surface area contributed by atoms with Gasteiger partial charge in [-0.15, -0.1) is 16.4 Å². The first kappa shape index (κ1) is 16.0. The van der Waals surface area contributed by atoms with Crippen LogP contribution in [0.25, 0.3) is 10.1 Å². The van der Waals surface area contributed by atoms with Gasteiger partial charge in [0.15, 0.2) is 5.82 Å². The van der Waals surface area contributed by atoms with Crippen LogP contribution in [0, 0.1) is 17.8 Å². The molecule has 0 spiro atoms. The molecule has 0 aromatic carbocycles. The summed E-state index contributed by atoms with van der Waals surface area (Å²) in [5.74, 6) is 3.79. The summed E-state index contributed by atoms with van der Waals surface area (Å²) in [6.45, 7) is 3.12. The zero-order chi connectivity index (χ0) is 16.8. The highest BCUT2D eigenvalue weighted by atomic mass is 32.1. The summed E-state index contributed by atoms with van der Waals surface area (Å²) in [6.07, 6.45) is 8.31. The van der Waals surface area contributed by atoms with Crippen LogP contribution in [-0.2, 0) is 4.74 Å². The largest absolute Gasteiger partial charge is 0.382 e. The molecule has 134 valence electrons. The number of thiophene rings is 1. The molecule has 2 saturated heterocycles. The topological polar surface area (TPSA) is 73.1 Å². The molecule has 2 aromatic rings. The molecule has 0 amide bonds. The Morgan fingerprint density at radius 1 is 1.28 bits per heavy atom. The van der Waals surface area contributed by atoms with Crippen molar-refractivity contribution in [3.8, 4) is 0 Å². The van der Waals surface area contributed by atoms with E-state index in [2.05, 4.69) is 21.6 Å². The van der Waals surface area contributed by atoms with Crippen LogP contribution >= 0.6 is 11.3 Å². The molecule has 1 aliphatic carbocycles. The fourth-order valence-corrected chi connectivity index (χ4v) is 6.45. The van der Waals surface area contributed by atoms with Gasteiger partial charge in [0.1, 0.15) is 0 Å². The summed E-state index contributed by atoms with van der Waals surface area (Å²) in [7, 11) is 0. The van der Waals surface area contributed by atoms with Gasteiger partial charge in [0.25, 0.3) is 0 Å². The number of nitrogens with one attached hydrogen (secondary N) is 1. The summed E-state index contributed by atoms with van der Waals surface area (Å²) < 4.78 is 6.70. The lowest BCUT2D eigenvalue weighted by molar-refractivity contribution is 0.0593. The molecule has 0 unspecified atom stereocenters. The minimum atomic E-state index is 0.567. The van der Waals surface area contributed by atoms with Gasteiger partial charge in [0, 0.05) is 29.5 Å². The maximum atomic E-state index is 6.00. The Labute approximate surface area is 152 Å². The average Bonchev–Trinajstić information content (AvgIpc) is 3.31. The van der Waals surface area contributed by atoms with Crippen LogP contribution in [0.5, 0.6) is 0 Å². The Bertz CT molecular complexity index is 757. The van der Waals surface area contributed by atoms with E-state index in [0.29, 0.717) is 17.8 Å². The molecular formula is C19H26N4OS. The van der Waals surface area contributed by atoms with Crippen LogP contribution in [0.2, 0.25) is 0 Å². The molecule has 4 atom stereocenters. The number of rotatable bonds is 3. The third-order valence-corrected chi connectivity index (χ3v) is 7.87. The van der Waals surface area contributed by atoms with Gasteiger partial charge < -0.3 is 15.8 Å². The molecule has 2 aliphatic heterocycles. The predicted molar refractivity (Wildman–Crippen MR) is 101 cm³/mol. The SMILES string of the molecule is Nc1nncc2sc([C@H]3C[C@@H]4CN[C@@H](CC5CCOCC5)[C@H]4C3)cc12. The summed E-state index contributed by atoms with van der Waals surface area (Å²) in [4.78, 5) is 1.48. The van der Waals surface area contributed by atoms with E-state index >= 15 is 0 Å². The Morgan fingerprint density at radius 3 is 3.00 bits per heavy atom. The molecular weight excluding hydrogens is 332 g/mol. The number of ether oxygens (including phenoxy) is 1. The van der Waals surface area contributed by atoms with Crippen LogP contribution < -0.4 is 11.1 Å². The molecule has 3 N–H and O–H groups in total. The van der Waals surface area contributed by atoms with E-state index in [9.17, 15) is 0 Å². The second-order valence-corrected chi connectivity index (χ2v) is 9.17. The van der Waals surface area contributed by atoms with Crippen molar-refractivity contribution in [2.24, 2.45) is 17.8 Å². The maximum absolute atomic E-state index is 6.00. The fourth-order valence-electron chi connectivity index (χ4n) is 5.29. The molecule has 4 heterocycles. The normalized spacial score (nSPS) is 33.1. The second-order valence-electron chi connectivity index (χ2n) is 8.05. The quantitative estimate of drug-likeness (QED) is 0.882. The van der Waals surface area contributed by atoms with Crippen LogP contribution in [0.4, 0.5) is 5.82 Å². The molecule has 3 fully saturated rings. The Morgan fingerprint density at radius 2 is 2.16 bits per heavy atom. The van der Waals surface area contributed by atoms with Gasteiger partial charge >= 0.3 is 0 Å². The first-order valence-corrected chi connectivity index (χ1v) is 10.4. The van der Waals surface area contributed by atoms with Crippen LogP contribution in [0.1, 0.15) is 42.9 Å². The molecule has 1 saturated carbocycles. The van der Waals surface area contributed by atoms with Crippen molar-refractivity contribution >= 4 is 27.2 Å². The van der Waals surface area contributed by atoms with Gasteiger partial charge in [-0.1, -0.05) is 0 Å². The van der Waals surface area contributed by atoms with Crippen molar-refractivity contribution in [3.63, 3.8) is 0 Å². The lowest BCUT2D eigenvalue weighted by atomic mass is 9.85. The fraction of sp³-hybridized carbons (Fsp3) is 0.684. The minimum Gasteiger partial charge on any atom is -0.382 e. The van der Waals surface area contributed by atoms with Gasteiger partial charge in [-0.3, -0.25) is 0 Å². The lowest BCUT2D eigenvalue weighted by Crippen LogP contribution is -2.31. The van der Waals surface area contributed by atoms with Crippen molar-refractivity contribution in [2.45, 2.75) is 44.1 Å². The van der Waals surface area contributed by atoms with Crippen molar-refractivity contribution in [2.75, 3.05) is 25.5 Å². The van der Waals surface area contributed by atoms with E-state index in [0.717, 1.165) is 36.4 Å². The van der Waals surface area contributed by atoms with Gasteiger partial charge in [0.05, 0.1) is 10.9 Å². The zero-order valence-electron chi connectivity index (χ0n) is 14.5. The first-order valence-electron chi connectivity index (χ1n) is 9.59. The molecule has 5 rings (SSSR count). The van der Waals surface area contributed by atoms with Gasteiger partial charge in [-0.05, 0) is 68.4 Å². The Hall–Kier alpha value is -1.24. The first-order chi connectivity index (χ1) is 12.3. The molecule has 2 aromatic heterocycles. The number of hydrogen-bond acceptors (Lipinski definition) is 6. The number of nitrogen functional groups attached to an aromatic ring is 1. The molecule has 25 heavy (non-hydrogen) atoms. The Balaban J connectivity index is 1.30. The van der Waals surface area contributed by atoms with E-state index in [-0.39, 0.29) is 0 Å². The number of aromatic nitrogens is 2. The lowest BCUT2D eigenvalue weighted by Gasteiger charge is -2.27. The van der Waals surface area contributed by atoms with E-state index in [4.69, 9.17) is 10.5 Å².